The molecule has 5 rings (SSSR count). The van der Waals surface area contributed by atoms with Crippen molar-refractivity contribution in [2.45, 2.75) is 30.9 Å². The molecule has 2 N–H and O–H groups in total. The van der Waals surface area contributed by atoms with Crippen molar-refractivity contribution in [3.05, 3.63) is 140 Å². The fourth-order valence-corrected chi connectivity index (χ4v) is 5.85. The van der Waals surface area contributed by atoms with Crippen molar-refractivity contribution in [1.29, 1.82) is 0 Å². The van der Waals surface area contributed by atoms with Crippen molar-refractivity contribution >= 4 is 57.0 Å². The lowest BCUT2D eigenvalue weighted by Gasteiger charge is -2.30. The predicted octanol–water partition coefficient (Wildman–Crippen LogP) is 8.24. The highest BCUT2D eigenvalue weighted by atomic mass is 79.9. The number of amides is 1. The van der Waals surface area contributed by atoms with Gasteiger partial charge >= 0.3 is 0 Å². The number of carbonyl (C=O) groups is 1. The maximum atomic E-state index is 14.3. The molecule has 6 nitrogen and oxygen atoms in total. The second-order valence-corrected chi connectivity index (χ2v) is 12.4. The average molecular weight is 708 g/mol. The number of nitrogens with one attached hydrogen (secondary N) is 1. The number of nitrogens with zero attached hydrogens (tertiary/aromatic N) is 1. The summed E-state index contributed by atoms with van der Waals surface area (Å²) in [7, 11) is 0. The van der Waals surface area contributed by atoms with E-state index in [1.165, 1.54) is 0 Å². The second-order valence-electron chi connectivity index (χ2n) is 10.6. The van der Waals surface area contributed by atoms with Crippen LogP contribution in [0.2, 0.25) is 10.0 Å². The van der Waals surface area contributed by atoms with Gasteiger partial charge in [-0.3, -0.25) is 4.79 Å². The molecule has 0 fully saturated rings. The van der Waals surface area contributed by atoms with E-state index in [9.17, 15) is 4.79 Å². The highest BCUT2D eigenvalue weighted by Gasteiger charge is 2.52. The number of hydrogen-bond acceptors (Lipinski definition) is 5. The molecule has 1 aliphatic rings. The van der Waals surface area contributed by atoms with Crippen LogP contribution in [0.25, 0.3) is 6.08 Å². The molecule has 0 aromatic heterocycles. The van der Waals surface area contributed by atoms with E-state index in [1.54, 1.807) is 12.1 Å². The van der Waals surface area contributed by atoms with Gasteiger partial charge in [-0.1, -0.05) is 99.8 Å². The van der Waals surface area contributed by atoms with Gasteiger partial charge in [0, 0.05) is 46.1 Å². The van der Waals surface area contributed by atoms with Crippen LogP contribution in [0.15, 0.2) is 113 Å². The number of aliphatic imine (C=N–C) groups is 1. The lowest BCUT2D eigenvalue weighted by molar-refractivity contribution is -0.128. The molecule has 45 heavy (non-hydrogen) atoms. The van der Waals surface area contributed by atoms with E-state index in [2.05, 4.69) is 21.2 Å². The molecule has 4 aromatic carbocycles. The Hall–Kier alpha value is -3.62. The number of carbonyl (C=O) groups excluding carboxylic acids is 1. The zero-order valence-electron chi connectivity index (χ0n) is 24.5. The molecule has 1 heterocycles. The van der Waals surface area contributed by atoms with E-state index in [4.69, 9.17) is 42.8 Å². The molecule has 0 saturated carbocycles. The first-order valence-electron chi connectivity index (χ1n) is 14.7. The van der Waals surface area contributed by atoms with Gasteiger partial charge in [0.1, 0.15) is 5.75 Å². The zero-order valence-corrected chi connectivity index (χ0v) is 27.6. The molecule has 0 spiro atoms. The minimum atomic E-state index is -1.30. The molecular formula is C36H33BrCl2N2O4. The van der Waals surface area contributed by atoms with Crippen LogP contribution in [0.5, 0.6) is 5.75 Å². The number of aliphatic hydroxyl groups is 1. The molecule has 0 radical (unpaired) electrons. The molecule has 0 aliphatic carbocycles. The Bertz CT molecular complexity index is 1650. The Balaban J connectivity index is 1.48. The van der Waals surface area contributed by atoms with Crippen molar-refractivity contribution in [1.82, 2.24) is 5.32 Å². The minimum Gasteiger partial charge on any atom is -0.494 e. The maximum absolute atomic E-state index is 14.3. The van der Waals surface area contributed by atoms with Crippen molar-refractivity contribution in [3.63, 3.8) is 0 Å². The third-order valence-electron chi connectivity index (χ3n) is 7.44. The molecule has 232 valence electrons. The van der Waals surface area contributed by atoms with Crippen LogP contribution in [0, 0.1) is 0 Å². The third-order valence-corrected chi connectivity index (χ3v) is 8.55. The van der Waals surface area contributed by atoms with Gasteiger partial charge in [-0.25, -0.2) is 4.99 Å². The largest absolute Gasteiger partial charge is 0.494 e. The number of ether oxygens (including phenoxy) is 2. The van der Waals surface area contributed by atoms with E-state index in [-0.39, 0.29) is 12.5 Å². The lowest BCUT2D eigenvalue weighted by atomic mass is 9.84. The van der Waals surface area contributed by atoms with E-state index in [0.717, 1.165) is 26.7 Å². The molecule has 0 saturated heterocycles. The van der Waals surface area contributed by atoms with Gasteiger partial charge in [0.2, 0.25) is 5.90 Å². The van der Waals surface area contributed by atoms with Crippen LogP contribution in [-0.2, 0) is 16.0 Å². The molecule has 2 atom stereocenters. The first kappa shape index (κ1) is 32.8. The standard InChI is InChI=1S/C36H33BrCl2N2O4/c37-29-14-9-27(10-15-29)33-36(20-4-8-25-6-2-1-3-7-25,35(43)40-21-19-26-11-16-30(38)24-32(26)39)41-34(45-33)28-12-17-31(18-13-28)44-23-5-22-42/h1-4,6-18,24,33,42H,5,19-23H2,(H,40,43)/b8-4+/t33-,36-/m1/s1. The molecule has 9 heteroatoms. The highest BCUT2D eigenvalue weighted by molar-refractivity contribution is 9.10. The van der Waals surface area contributed by atoms with E-state index < -0.39 is 11.6 Å². The Morgan fingerprint density at radius 2 is 1.78 bits per heavy atom. The SMILES string of the molecule is O=C(NCCc1ccc(Cl)cc1Cl)[C@]1(C/C=C/c2ccccc2)N=C(c2ccc(OCCCO)cc2)O[C@@H]1c1ccc(Br)cc1. The van der Waals surface area contributed by atoms with Crippen LogP contribution < -0.4 is 10.1 Å². The third kappa shape index (κ3) is 8.35. The van der Waals surface area contributed by atoms with Crippen molar-refractivity contribution in [2.24, 2.45) is 4.99 Å². The van der Waals surface area contributed by atoms with Gasteiger partial charge in [-0.15, -0.1) is 0 Å². The van der Waals surface area contributed by atoms with Gasteiger partial charge in [-0.05, 0) is 71.6 Å². The van der Waals surface area contributed by atoms with Crippen LogP contribution >= 0.6 is 39.1 Å². The van der Waals surface area contributed by atoms with Crippen LogP contribution in [0.4, 0.5) is 0 Å². The number of aliphatic hydroxyl groups excluding tert-OH is 1. The molecular weight excluding hydrogens is 675 g/mol. The number of rotatable bonds is 13. The van der Waals surface area contributed by atoms with E-state index in [0.29, 0.717) is 54.1 Å². The average Bonchev–Trinajstić information content (AvgIpc) is 3.44. The van der Waals surface area contributed by atoms with Gasteiger partial charge in [0.15, 0.2) is 11.6 Å². The maximum Gasteiger partial charge on any atom is 0.252 e. The Morgan fingerprint density at radius 3 is 2.49 bits per heavy atom. The van der Waals surface area contributed by atoms with Crippen LogP contribution in [-0.4, -0.2) is 42.2 Å². The van der Waals surface area contributed by atoms with Gasteiger partial charge in [0.25, 0.3) is 5.91 Å². The van der Waals surface area contributed by atoms with E-state index in [1.807, 2.05) is 97.1 Å². The monoisotopic (exact) mass is 706 g/mol. The number of halogens is 3. The van der Waals surface area contributed by atoms with E-state index >= 15 is 0 Å². The topological polar surface area (TPSA) is 80.2 Å². The Labute approximate surface area is 281 Å². The highest BCUT2D eigenvalue weighted by Crippen LogP contribution is 2.43. The summed E-state index contributed by atoms with van der Waals surface area (Å²) in [6, 6.07) is 30.4. The molecule has 0 unspecified atom stereocenters. The first-order valence-corrected chi connectivity index (χ1v) is 16.2. The van der Waals surface area contributed by atoms with Crippen LogP contribution in [0.3, 0.4) is 0 Å². The summed E-state index contributed by atoms with van der Waals surface area (Å²) in [5, 5.41) is 13.3. The smallest absolute Gasteiger partial charge is 0.252 e. The predicted molar refractivity (Wildman–Crippen MR) is 184 cm³/mol. The summed E-state index contributed by atoms with van der Waals surface area (Å²) in [6.45, 7) is 0.828. The molecule has 0 bridgehead atoms. The van der Waals surface area contributed by atoms with Crippen molar-refractivity contribution < 1.29 is 19.4 Å². The second kappa shape index (κ2) is 15.6. The summed E-state index contributed by atoms with van der Waals surface area (Å²) in [5.74, 6) is 0.789. The Kier molecular flexibility index (Phi) is 11.3. The molecule has 4 aromatic rings. The molecule has 1 amide bonds. The van der Waals surface area contributed by atoms with Crippen LogP contribution in [0.1, 0.15) is 41.2 Å². The lowest BCUT2D eigenvalue weighted by Crippen LogP contribution is -2.48. The zero-order chi connectivity index (χ0) is 31.6. The summed E-state index contributed by atoms with van der Waals surface area (Å²) in [4.78, 5) is 19.4. The number of benzene rings is 4. The van der Waals surface area contributed by atoms with Crippen molar-refractivity contribution in [3.8, 4) is 5.75 Å². The van der Waals surface area contributed by atoms with Gasteiger partial charge < -0.3 is 19.9 Å². The fourth-order valence-electron chi connectivity index (χ4n) is 5.08. The first-order chi connectivity index (χ1) is 21.9. The normalized spacial score (nSPS) is 17.6. The number of hydrogen-bond donors (Lipinski definition) is 2. The fraction of sp³-hybridized carbons (Fsp3) is 0.222. The van der Waals surface area contributed by atoms with Gasteiger partial charge in [-0.2, -0.15) is 0 Å². The summed E-state index contributed by atoms with van der Waals surface area (Å²) < 4.78 is 13.2. The Morgan fingerprint density at radius 1 is 1.02 bits per heavy atom. The molecule has 1 aliphatic heterocycles. The van der Waals surface area contributed by atoms with Gasteiger partial charge in [0.05, 0.1) is 6.61 Å². The summed E-state index contributed by atoms with van der Waals surface area (Å²) >= 11 is 16.0. The quantitative estimate of drug-likeness (QED) is 0.137. The summed E-state index contributed by atoms with van der Waals surface area (Å²) in [6.07, 6.45) is 4.64. The summed E-state index contributed by atoms with van der Waals surface area (Å²) in [5.41, 5.74) is 2.16. The minimum absolute atomic E-state index is 0.0653. The van der Waals surface area contributed by atoms with Crippen molar-refractivity contribution in [2.75, 3.05) is 19.8 Å².